The van der Waals surface area contributed by atoms with E-state index in [1.54, 1.807) is 0 Å². The first-order chi connectivity index (χ1) is 10.1. The van der Waals surface area contributed by atoms with Gasteiger partial charge >= 0.3 is 0 Å². The highest BCUT2D eigenvalue weighted by Gasteiger charge is 2.29. The zero-order valence-electron chi connectivity index (χ0n) is 13.3. The second kappa shape index (κ2) is 8.06. The zero-order chi connectivity index (χ0) is 15.2. The van der Waals surface area contributed by atoms with Crippen LogP contribution in [0, 0.1) is 0 Å². The van der Waals surface area contributed by atoms with Gasteiger partial charge in [-0.25, -0.2) is 0 Å². The van der Waals surface area contributed by atoms with Crippen LogP contribution in [0.4, 0.5) is 0 Å². The minimum absolute atomic E-state index is 0.0491. The second-order valence-electron chi connectivity index (χ2n) is 6.16. The van der Waals surface area contributed by atoms with Gasteiger partial charge in [0.1, 0.15) is 0 Å². The summed E-state index contributed by atoms with van der Waals surface area (Å²) in [5.74, 6) is 1.56. The summed E-state index contributed by atoms with van der Waals surface area (Å²) in [4.78, 5) is 28.2. The standard InChI is InChI=1S/C16H28N2O2S/c1-3-21-14-7-4-5-9-17(12-14)16(20)11-13(2)18-10-6-8-15(18)19/h13-14H,3-12H2,1-2H3. The van der Waals surface area contributed by atoms with E-state index in [4.69, 9.17) is 0 Å². The fraction of sp³-hybridized carbons (Fsp3) is 0.875. The minimum atomic E-state index is 0.0491. The number of thioether (sulfide) groups is 1. The first-order valence-electron chi connectivity index (χ1n) is 8.30. The van der Waals surface area contributed by atoms with Gasteiger partial charge < -0.3 is 9.80 Å². The lowest BCUT2D eigenvalue weighted by Gasteiger charge is -2.28. The number of rotatable bonds is 5. The molecule has 0 N–H and O–H groups in total. The summed E-state index contributed by atoms with van der Waals surface area (Å²) in [6.07, 6.45) is 5.64. The fourth-order valence-electron chi connectivity index (χ4n) is 3.33. The van der Waals surface area contributed by atoms with Crippen molar-refractivity contribution >= 4 is 23.6 Å². The van der Waals surface area contributed by atoms with Crippen molar-refractivity contribution in [1.29, 1.82) is 0 Å². The molecular formula is C16H28N2O2S. The molecule has 2 atom stereocenters. The van der Waals surface area contributed by atoms with Crippen LogP contribution in [0.15, 0.2) is 0 Å². The van der Waals surface area contributed by atoms with Crippen LogP contribution in [-0.4, -0.2) is 58.3 Å². The lowest BCUT2D eigenvalue weighted by atomic mass is 10.2. The van der Waals surface area contributed by atoms with Crippen molar-refractivity contribution in [2.24, 2.45) is 0 Å². The average Bonchev–Trinajstić information content (AvgIpc) is 2.73. The van der Waals surface area contributed by atoms with E-state index in [1.165, 1.54) is 12.8 Å². The Morgan fingerprint density at radius 1 is 1.33 bits per heavy atom. The van der Waals surface area contributed by atoms with Crippen LogP contribution in [0.2, 0.25) is 0 Å². The molecule has 2 unspecified atom stereocenters. The molecule has 0 bridgehead atoms. The number of amides is 2. The van der Waals surface area contributed by atoms with Gasteiger partial charge in [-0.2, -0.15) is 11.8 Å². The molecule has 2 fully saturated rings. The van der Waals surface area contributed by atoms with Gasteiger partial charge in [-0.05, 0) is 31.9 Å². The number of likely N-dealkylation sites (tertiary alicyclic amines) is 2. The smallest absolute Gasteiger partial charge is 0.224 e. The summed E-state index contributed by atoms with van der Waals surface area (Å²) in [7, 11) is 0. The zero-order valence-corrected chi connectivity index (χ0v) is 14.2. The first-order valence-corrected chi connectivity index (χ1v) is 9.35. The lowest BCUT2D eigenvalue weighted by molar-refractivity contribution is -0.134. The number of carbonyl (C=O) groups excluding carboxylic acids is 2. The normalized spacial score (nSPS) is 25.0. The Morgan fingerprint density at radius 2 is 2.14 bits per heavy atom. The molecule has 0 aromatic heterocycles. The summed E-state index contributed by atoms with van der Waals surface area (Å²) in [5.41, 5.74) is 0. The highest BCUT2D eigenvalue weighted by atomic mass is 32.2. The summed E-state index contributed by atoms with van der Waals surface area (Å²) in [6, 6.07) is 0.0491. The van der Waals surface area contributed by atoms with E-state index < -0.39 is 0 Å². The van der Waals surface area contributed by atoms with Crippen LogP contribution >= 0.6 is 11.8 Å². The van der Waals surface area contributed by atoms with Gasteiger partial charge in [0, 0.05) is 43.8 Å². The Hall–Kier alpha value is -0.710. The molecule has 4 nitrogen and oxygen atoms in total. The van der Waals surface area contributed by atoms with Gasteiger partial charge in [0.2, 0.25) is 11.8 Å². The fourth-order valence-corrected chi connectivity index (χ4v) is 4.42. The Balaban J connectivity index is 1.87. The molecule has 21 heavy (non-hydrogen) atoms. The van der Waals surface area contributed by atoms with Crippen molar-refractivity contribution in [2.45, 2.75) is 63.7 Å². The Bertz CT molecular complexity index is 375. The van der Waals surface area contributed by atoms with E-state index in [0.717, 1.165) is 38.2 Å². The molecule has 120 valence electrons. The number of nitrogens with zero attached hydrogens (tertiary/aromatic N) is 2. The van der Waals surface area contributed by atoms with E-state index >= 15 is 0 Å². The van der Waals surface area contributed by atoms with Crippen molar-refractivity contribution in [3.05, 3.63) is 0 Å². The Morgan fingerprint density at radius 3 is 2.81 bits per heavy atom. The number of hydrogen-bond donors (Lipinski definition) is 0. The molecule has 0 aromatic rings. The van der Waals surface area contributed by atoms with Crippen molar-refractivity contribution < 1.29 is 9.59 Å². The molecule has 2 rings (SSSR count). The van der Waals surface area contributed by atoms with Gasteiger partial charge in [-0.3, -0.25) is 9.59 Å². The lowest BCUT2D eigenvalue weighted by Crippen LogP contribution is -2.41. The van der Waals surface area contributed by atoms with Crippen molar-refractivity contribution in [1.82, 2.24) is 9.80 Å². The summed E-state index contributed by atoms with van der Waals surface area (Å²) in [5, 5.41) is 0.588. The molecule has 2 aliphatic rings. The SMILES string of the molecule is CCSC1CCCCN(C(=O)CC(C)N2CCCC2=O)C1. The molecule has 0 radical (unpaired) electrons. The van der Waals surface area contributed by atoms with Crippen LogP contribution in [-0.2, 0) is 9.59 Å². The molecule has 2 saturated heterocycles. The van der Waals surface area contributed by atoms with Crippen molar-refractivity contribution in [3.8, 4) is 0 Å². The molecule has 0 aliphatic carbocycles. The maximum absolute atomic E-state index is 12.6. The summed E-state index contributed by atoms with van der Waals surface area (Å²) >= 11 is 1.97. The number of hydrogen-bond acceptors (Lipinski definition) is 3. The van der Waals surface area contributed by atoms with Crippen LogP contribution in [0.3, 0.4) is 0 Å². The predicted octanol–water partition coefficient (Wildman–Crippen LogP) is 2.52. The molecule has 2 amide bonds. The predicted molar refractivity (Wildman–Crippen MR) is 87.4 cm³/mol. The van der Waals surface area contributed by atoms with Crippen molar-refractivity contribution in [2.75, 3.05) is 25.4 Å². The van der Waals surface area contributed by atoms with Crippen molar-refractivity contribution in [3.63, 3.8) is 0 Å². The minimum Gasteiger partial charge on any atom is -0.342 e. The molecule has 0 aromatic carbocycles. The second-order valence-corrected chi connectivity index (χ2v) is 7.73. The van der Waals surface area contributed by atoms with E-state index in [1.807, 2.05) is 28.5 Å². The third-order valence-corrected chi connectivity index (χ3v) is 5.68. The van der Waals surface area contributed by atoms with Crippen LogP contribution in [0.5, 0.6) is 0 Å². The Kier molecular flexibility index (Phi) is 6.40. The molecule has 2 aliphatic heterocycles. The average molecular weight is 312 g/mol. The molecule has 5 heteroatoms. The van der Waals surface area contributed by atoms with E-state index in [2.05, 4.69) is 6.92 Å². The molecule has 2 heterocycles. The third kappa shape index (κ3) is 4.63. The topological polar surface area (TPSA) is 40.6 Å². The molecule has 0 spiro atoms. The largest absolute Gasteiger partial charge is 0.342 e. The van der Waals surface area contributed by atoms with Crippen LogP contribution in [0.25, 0.3) is 0 Å². The van der Waals surface area contributed by atoms with Gasteiger partial charge in [-0.15, -0.1) is 0 Å². The van der Waals surface area contributed by atoms with E-state index in [-0.39, 0.29) is 17.9 Å². The maximum atomic E-state index is 12.6. The van der Waals surface area contributed by atoms with E-state index in [0.29, 0.717) is 18.1 Å². The summed E-state index contributed by atoms with van der Waals surface area (Å²) in [6.45, 7) is 6.79. The van der Waals surface area contributed by atoms with Gasteiger partial charge in [0.15, 0.2) is 0 Å². The first kappa shape index (κ1) is 16.7. The molecule has 0 saturated carbocycles. The third-order valence-electron chi connectivity index (χ3n) is 4.50. The highest BCUT2D eigenvalue weighted by molar-refractivity contribution is 7.99. The van der Waals surface area contributed by atoms with Crippen LogP contribution < -0.4 is 0 Å². The number of carbonyl (C=O) groups is 2. The maximum Gasteiger partial charge on any atom is 0.224 e. The van der Waals surface area contributed by atoms with Crippen LogP contribution in [0.1, 0.15) is 52.4 Å². The highest BCUT2D eigenvalue weighted by Crippen LogP contribution is 2.23. The van der Waals surface area contributed by atoms with Gasteiger partial charge in [0.25, 0.3) is 0 Å². The van der Waals surface area contributed by atoms with Gasteiger partial charge in [0.05, 0.1) is 0 Å². The monoisotopic (exact) mass is 312 g/mol. The molecular weight excluding hydrogens is 284 g/mol. The summed E-state index contributed by atoms with van der Waals surface area (Å²) < 4.78 is 0. The Labute approximate surface area is 132 Å². The van der Waals surface area contributed by atoms with Gasteiger partial charge in [-0.1, -0.05) is 13.3 Å². The van der Waals surface area contributed by atoms with E-state index in [9.17, 15) is 9.59 Å². The quantitative estimate of drug-likeness (QED) is 0.783.